The fourth-order valence-electron chi connectivity index (χ4n) is 3.06. The molecule has 0 radical (unpaired) electrons. The molecular weight excluding hydrogens is 388 g/mol. The number of benzene rings is 3. The number of carbonyl (C=O) groups is 2. The number of carbonyl (C=O) groups excluding carboxylic acids is 2. The van der Waals surface area contributed by atoms with Crippen LogP contribution in [-0.2, 0) is 11.3 Å². The van der Waals surface area contributed by atoms with Crippen molar-refractivity contribution in [2.24, 2.45) is 0 Å². The van der Waals surface area contributed by atoms with Crippen molar-refractivity contribution in [2.45, 2.75) is 6.61 Å². The molecule has 152 valence electrons. The van der Waals surface area contributed by atoms with Gasteiger partial charge in [0.15, 0.2) is 5.78 Å². The number of esters is 1. The van der Waals surface area contributed by atoms with Gasteiger partial charge in [-0.05, 0) is 42.0 Å². The maximum Gasteiger partial charge on any atom is 0.338 e. The number of hydrogen-bond acceptors (Lipinski definition) is 4. The van der Waals surface area contributed by atoms with Gasteiger partial charge >= 0.3 is 5.97 Å². The molecule has 31 heavy (non-hydrogen) atoms. The second kappa shape index (κ2) is 9.55. The van der Waals surface area contributed by atoms with Crippen LogP contribution in [0.2, 0.25) is 0 Å². The molecule has 4 nitrogen and oxygen atoms in total. The number of hydrogen-bond donors (Lipinski definition) is 0. The summed E-state index contributed by atoms with van der Waals surface area (Å²) in [7, 11) is 0. The molecule has 0 amide bonds. The standard InChI is InChI=1S/C27H20O4/c28-25(21-10-5-2-6-11-21)16-14-24-15-17-26(31-24)22-12-7-13-23(18-22)27(29)30-19-20-8-3-1-4-9-20/h1-18H,19H2/b16-14+. The van der Waals surface area contributed by atoms with Crippen LogP contribution < -0.4 is 0 Å². The predicted octanol–water partition coefficient (Wildman–Crippen LogP) is 6.20. The van der Waals surface area contributed by atoms with Crippen molar-refractivity contribution in [1.82, 2.24) is 0 Å². The average molecular weight is 408 g/mol. The van der Waals surface area contributed by atoms with E-state index in [-0.39, 0.29) is 12.4 Å². The van der Waals surface area contributed by atoms with Crippen LogP contribution in [0.25, 0.3) is 17.4 Å². The molecule has 0 saturated heterocycles. The Kier molecular flexibility index (Phi) is 6.19. The zero-order chi connectivity index (χ0) is 21.5. The van der Waals surface area contributed by atoms with Crippen LogP contribution in [0.5, 0.6) is 0 Å². The van der Waals surface area contributed by atoms with Crippen LogP contribution in [-0.4, -0.2) is 11.8 Å². The van der Waals surface area contributed by atoms with Gasteiger partial charge in [-0.2, -0.15) is 0 Å². The highest BCUT2D eigenvalue weighted by molar-refractivity contribution is 6.06. The molecule has 3 aromatic carbocycles. The first kappa shape index (κ1) is 20.1. The van der Waals surface area contributed by atoms with Gasteiger partial charge in [0, 0.05) is 11.1 Å². The van der Waals surface area contributed by atoms with Crippen molar-refractivity contribution in [2.75, 3.05) is 0 Å². The summed E-state index contributed by atoms with van der Waals surface area (Å²) in [4.78, 5) is 24.6. The Labute approximate surface area is 180 Å². The number of rotatable bonds is 7. The van der Waals surface area contributed by atoms with Crippen LogP contribution in [0.4, 0.5) is 0 Å². The van der Waals surface area contributed by atoms with Crippen molar-refractivity contribution in [1.29, 1.82) is 0 Å². The molecule has 0 spiro atoms. The molecule has 4 aromatic rings. The van der Waals surface area contributed by atoms with Gasteiger partial charge < -0.3 is 9.15 Å². The van der Waals surface area contributed by atoms with Crippen LogP contribution in [0.1, 0.15) is 32.0 Å². The zero-order valence-electron chi connectivity index (χ0n) is 16.7. The third-order valence-corrected chi connectivity index (χ3v) is 4.68. The van der Waals surface area contributed by atoms with Crippen molar-refractivity contribution < 1.29 is 18.7 Å². The van der Waals surface area contributed by atoms with Gasteiger partial charge in [0.2, 0.25) is 0 Å². The van der Waals surface area contributed by atoms with Crippen molar-refractivity contribution in [3.05, 3.63) is 126 Å². The highest BCUT2D eigenvalue weighted by Gasteiger charge is 2.11. The summed E-state index contributed by atoms with van der Waals surface area (Å²) in [5.41, 5.74) is 2.75. The zero-order valence-corrected chi connectivity index (χ0v) is 16.7. The summed E-state index contributed by atoms with van der Waals surface area (Å²) in [5, 5.41) is 0. The Morgan fingerprint density at radius 2 is 1.48 bits per heavy atom. The van der Waals surface area contributed by atoms with Gasteiger partial charge in [-0.1, -0.05) is 72.8 Å². The van der Waals surface area contributed by atoms with E-state index >= 15 is 0 Å². The van der Waals surface area contributed by atoms with E-state index in [0.29, 0.717) is 22.6 Å². The maximum atomic E-state index is 12.4. The van der Waals surface area contributed by atoms with Gasteiger partial charge in [0.1, 0.15) is 18.1 Å². The normalized spacial score (nSPS) is 10.8. The lowest BCUT2D eigenvalue weighted by atomic mass is 10.1. The average Bonchev–Trinajstić information content (AvgIpc) is 3.31. The largest absolute Gasteiger partial charge is 0.457 e. The minimum absolute atomic E-state index is 0.0956. The topological polar surface area (TPSA) is 56.5 Å². The van der Waals surface area contributed by atoms with Gasteiger partial charge in [-0.15, -0.1) is 0 Å². The minimum Gasteiger partial charge on any atom is -0.457 e. The summed E-state index contributed by atoms with van der Waals surface area (Å²) < 4.78 is 11.2. The van der Waals surface area contributed by atoms with Crippen LogP contribution in [0.15, 0.2) is 108 Å². The van der Waals surface area contributed by atoms with Crippen molar-refractivity contribution in [3.63, 3.8) is 0 Å². The molecule has 0 unspecified atom stereocenters. The molecule has 4 rings (SSSR count). The first-order valence-electron chi connectivity index (χ1n) is 9.88. The van der Waals surface area contributed by atoms with Crippen LogP contribution in [0.3, 0.4) is 0 Å². The molecule has 0 saturated carbocycles. The van der Waals surface area contributed by atoms with Crippen LogP contribution in [0, 0.1) is 0 Å². The minimum atomic E-state index is -0.397. The molecule has 4 heteroatoms. The Morgan fingerprint density at radius 1 is 0.774 bits per heavy atom. The fourth-order valence-corrected chi connectivity index (χ4v) is 3.06. The summed E-state index contributed by atoms with van der Waals surface area (Å²) in [6.45, 7) is 0.217. The van der Waals surface area contributed by atoms with E-state index < -0.39 is 5.97 Å². The highest BCUT2D eigenvalue weighted by Crippen LogP contribution is 2.24. The van der Waals surface area contributed by atoms with E-state index in [4.69, 9.17) is 9.15 Å². The van der Waals surface area contributed by atoms with E-state index in [1.165, 1.54) is 6.08 Å². The van der Waals surface area contributed by atoms with Gasteiger partial charge in [0.05, 0.1) is 5.56 Å². The summed E-state index contributed by atoms with van der Waals surface area (Å²) in [5.74, 6) is 0.661. The van der Waals surface area contributed by atoms with Gasteiger partial charge in [-0.25, -0.2) is 4.79 Å². The number of ketones is 1. The molecule has 0 bridgehead atoms. The van der Waals surface area contributed by atoms with E-state index in [0.717, 1.165) is 11.1 Å². The first-order valence-corrected chi connectivity index (χ1v) is 9.88. The monoisotopic (exact) mass is 408 g/mol. The lowest BCUT2D eigenvalue weighted by Crippen LogP contribution is -2.05. The second-order valence-electron chi connectivity index (χ2n) is 6.91. The first-order chi connectivity index (χ1) is 15.2. The number of ether oxygens (including phenoxy) is 1. The molecule has 1 aromatic heterocycles. The van der Waals surface area contributed by atoms with Crippen molar-refractivity contribution >= 4 is 17.8 Å². The third-order valence-electron chi connectivity index (χ3n) is 4.68. The van der Waals surface area contributed by atoms with E-state index in [9.17, 15) is 9.59 Å². The van der Waals surface area contributed by atoms with E-state index in [2.05, 4.69) is 0 Å². The van der Waals surface area contributed by atoms with Crippen LogP contribution >= 0.6 is 0 Å². The molecule has 0 N–H and O–H groups in total. The molecule has 0 aliphatic rings. The smallest absolute Gasteiger partial charge is 0.338 e. The summed E-state index contributed by atoms with van der Waals surface area (Å²) >= 11 is 0. The lowest BCUT2D eigenvalue weighted by molar-refractivity contribution is 0.0472. The summed E-state index contributed by atoms with van der Waals surface area (Å²) in [6, 6.07) is 29.2. The Morgan fingerprint density at radius 3 is 2.26 bits per heavy atom. The molecule has 0 atom stereocenters. The molecule has 0 aliphatic carbocycles. The fraction of sp³-hybridized carbons (Fsp3) is 0.0370. The summed E-state index contributed by atoms with van der Waals surface area (Å²) in [6.07, 6.45) is 3.12. The molecule has 0 fully saturated rings. The Bertz CT molecular complexity index is 1200. The SMILES string of the molecule is O=C(/C=C/c1ccc(-c2cccc(C(=O)OCc3ccccc3)c2)o1)c1ccccc1. The Hall–Kier alpha value is -4.18. The number of furan rings is 1. The third kappa shape index (κ3) is 5.25. The van der Waals surface area contributed by atoms with Gasteiger partial charge in [0.25, 0.3) is 0 Å². The van der Waals surface area contributed by atoms with E-state index in [1.54, 1.807) is 48.5 Å². The maximum absolute atomic E-state index is 12.4. The molecule has 0 aliphatic heterocycles. The lowest BCUT2D eigenvalue weighted by Gasteiger charge is -2.06. The van der Waals surface area contributed by atoms with Crippen molar-refractivity contribution in [3.8, 4) is 11.3 Å². The number of allylic oxidation sites excluding steroid dienone is 1. The Balaban J connectivity index is 1.43. The quantitative estimate of drug-likeness (QED) is 0.208. The molecular formula is C27H20O4. The second-order valence-corrected chi connectivity index (χ2v) is 6.91. The molecule has 1 heterocycles. The van der Waals surface area contributed by atoms with E-state index in [1.807, 2.05) is 54.6 Å². The highest BCUT2D eigenvalue weighted by atomic mass is 16.5. The van der Waals surface area contributed by atoms with Gasteiger partial charge in [-0.3, -0.25) is 4.79 Å². The predicted molar refractivity (Wildman–Crippen MR) is 120 cm³/mol.